The van der Waals surface area contributed by atoms with Crippen LogP contribution in [0.1, 0.15) is 84.0 Å². The van der Waals surface area contributed by atoms with Gasteiger partial charge in [0.15, 0.2) is 0 Å². The number of hydrogen-bond acceptors (Lipinski definition) is 3. The molecular formula is C14H30O4Sn. The van der Waals surface area contributed by atoms with Gasteiger partial charge in [-0.1, -0.05) is 26.2 Å². The van der Waals surface area contributed by atoms with Crippen LogP contribution >= 0.6 is 0 Å². The van der Waals surface area contributed by atoms with Crippen molar-refractivity contribution in [1.82, 2.24) is 0 Å². The first kappa shape index (κ1) is 19.5. The van der Waals surface area contributed by atoms with Crippen molar-refractivity contribution >= 4 is 20.6 Å². The van der Waals surface area contributed by atoms with Crippen molar-refractivity contribution in [3.63, 3.8) is 0 Å². The Kier molecular flexibility index (Phi) is 16.9. The normalized spacial score (nSPS) is 10.8. The third kappa shape index (κ3) is 18.5. The molecule has 0 unspecified atom stereocenters. The van der Waals surface area contributed by atoms with E-state index in [-0.39, 0.29) is 0 Å². The molecule has 1 N–H and O–H groups in total. The van der Waals surface area contributed by atoms with Crippen LogP contribution in [-0.2, 0) is 11.2 Å². The predicted octanol–water partition coefficient (Wildman–Crippen LogP) is 4.04. The molecule has 0 aliphatic heterocycles. The van der Waals surface area contributed by atoms with Gasteiger partial charge in [-0.2, -0.15) is 0 Å². The van der Waals surface area contributed by atoms with Gasteiger partial charge in [-0.05, 0) is 0 Å². The Hall–Kier alpha value is 0.479. The molecule has 0 amide bonds. The maximum atomic E-state index is 10.3. The molecule has 0 aromatic carbocycles. The Bertz CT molecular complexity index is 200. The van der Waals surface area contributed by atoms with Crippen molar-refractivity contribution in [3.8, 4) is 0 Å². The van der Waals surface area contributed by atoms with Crippen molar-refractivity contribution in [2.45, 2.75) is 84.0 Å². The molecule has 5 heteroatoms. The Morgan fingerprint density at radius 1 is 0.789 bits per heavy atom. The van der Waals surface area contributed by atoms with Gasteiger partial charge in [-0.25, -0.2) is 0 Å². The predicted molar refractivity (Wildman–Crippen MR) is 76.8 cm³/mol. The van der Waals surface area contributed by atoms with Gasteiger partial charge in [-0.3, -0.25) is 0 Å². The van der Waals surface area contributed by atoms with Crippen LogP contribution in [0.4, 0.5) is 0 Å². The van der Waals surface area contributed by atoms with E-state index in [1.54, 1.807) is 0 Å². The summed E-state index contributed by atoms with van der Waals surface area (Å²) in [5.74, 6) is 0. The van der Waals surface area contributed by atoms with Crippen LogP contribution in [0.2, 0.25) is 0 Å². The van der Waals surface area contributed by atoms with E-state index >= 15 is 0 Å². The first-order valence-electron chi connectivity index (χ1n) is 7.79. The standard InChI is InChI=1S/C14H30O2.H2O.O.Sn/c1-2-3-4-5-6-7-8-9-10-11-12-13-14-16-15;;;/h15H,2-14H2,1H3;1H2;;/q;;;+2/p-2. The first-order chi connectivity index (χ1) is 9.27. The monoisotopic (exact) mass is 382 g/mol. The van der Waals surface area contributed by atoms with E-state index < -0.39 is 20.6 Å². The van der Waals surface area contributed by atoms with Gasteiger partial charge in [0, 0.05) is 0 Å². The van der Waals surface area contributed by atoms with E-state index in [9.17, 15) is 3.08 Å². The van der Waals surface area contributed by atoms with Gasteiger partial charge in [0.05, 0.1) is 0 Å². The summed E-state index contributed by atoms with van der Waals surface area (Å²) in [6.45, 7) is 2.69. The maximum absolute atomic E-state index is 10.3. The summed E-state index contributed by atoms with van der Waals surface area (Å²) in [6, 6.07) is 0. The molecule has 19 heavy (non-hydrogen) atoms. The van der Waals surface area contributed by atoms with Crippen LogP contribution in [0.15, 0.2) is 0 Å². The van der Waals surface area contributed by atoms with Crippen molar-refractivity contribution in [2.24, 2.45) is 0 Å². The Balaban J connectivity index is 2.93. The molecule has 0 atom stereocenters. The summed E-state index contributed by atoms with van der Waals surface area (Å²) >= 11 is -3.71. The van der Waals surface area contributed by atoms with E-state index in [4.69, 9.17) is 3.44 Å². The summed E-state index contributed by atoms with van der Waals surface area (Å²) in [5, 5.41) is 0. The molecule has 0 spiro atoms. The molecular weight excluding hydrogens is 351 g/mol. The molecule has 4 nitrogen and oxygen atoms in total. The van der Waals surface area contributed by atoms with E-state index in [1.165, 1.54) is 64.2 Å². The average Bonchev–Trinajstić information content (AvgIpc) is 2.39. The van der Waals surface area contributed by atoms with Crippen LogP contribution in [0.5, 0.6) is 0 Å². The molecule has 0 bridgehead atoms. The van der Waals surface area contributed by atoms with Gasteiger partial charge < -0.3 is 0 Å². The molecule has 0 rings (SSSR count). The third-order valence-electron chi connectivity index (χ3n) is 3.21. The van der Waals surface area contributed by atoms with E-state index in [0.29, 0.717) is 6.61 Å². The second kappa shape index (κ2) is 16.5. The van der Waals surface area contributed by atoms with Crippen LogP contribution in [0.25, 0.3) is 0 Å². The van der Waals surface area contributed by atoms with Crippen LogP contribution < -0.4 is 0 Å². The Morgan fingerprint density at radius 3 is 1.63 bits per heavy atom. The second-order valence-corrected chi connectivity index (χ2v) is 7.05. The molecule has 0 heterocycles. The Morgan fingerprint density at radius 2 is 1.21 bits per heavy atom. The first-order valence-corrected chi connectivity index (χ1v) is 11.4. The average molecular weight is 381 g/mol. The molecule has 0 saturated heterocycles. The summed E-state index contributed by atoms with van der Waals surface area (Å²) in [7, 11) is 0. The van der Waals surface area contributed by atoms with Crippen molar-refractivity contribution in [3.05, 3.63) is 0 Å². The summed E-state index contributed by atoms with van der Waals surface area (Å²) in [4.78, 5) is 4.61. The van der Waals surface area contributed by atoms with Crippen molar-refractivity contribution in [2.75, 3.05) is 6.61 Å². The topological polar surface area (TPSA) is 55.8 Å². The minimum absolute atomic E-state index is 0.435. The van der Waals surface area contributed by atoms with Gasteiger partial charge in [0.1, 0.15) is 0 Å². The Labute approximate surface area is 126 Å². The van der Waals surface area contributed by atoms with E-state index in [1.807, 2.05) is 0 Å². The minimum atomic E-state index is -3.71. The van der Waals surface area contributed by atoms with Crippen LogP contribution in [-0.4, -0.2) is 30.6 Å². The summed E-state index contributed by atoms with van der Waals surface area (Å²) in [5.41, 5.74) is 0. The fraction of sp³-hybridized carbons (Fsp3) is 1.00. The molecule has 0 aliphatic rings. The molecule has 0 radical (unpaired) electrons. The SMILES string of the molecule is CCCCCCCCCCCCCCO[O][Sn](=[O])[OH]. The van der Waals surface area contributed by atoms with Crippen LogP contribution in [0.3, 0.4) is 0 Å². The zero-order valence-electron chi connectivity index (χ0n) is 12.4. The molecule has 0 aromatic rings. The van der Waals surface area contributed by atoms with Gasteiger partial charge in [0.2, 0.25) is 0 Å². The summed E-state index contributed by atoms with van der Waals surface area (Å²) < 4.78 is 22.9. The zero-order valence-corrected chi connectivity index (χ0v) is 15.2. The van der Waals surface area contributed by atoms with Gasteiger partial charge in [0.25, 0.3) is 0 Å². The molecule has 0 fully saturated rings. The molecule has 114 valence electrons. The fourth-order valence-corrected chi connectivity index (χ4v) is 2.62. The fourth-order valence-electron chi connectivity index (χ4n) is 2.09. The molecule has 0 aliphatic carbocycles. The van der Waals surface area contributed by atoms with Crippen molar-refractivity contribution < 1.29 is 14.6 Å². The number of hydrogen-bond donors (Lipinski definition) is 1. The van der Waals surface area contributed by atoms with Crippen molar-refractivity contribution in [1.29, 1.82) is 0 Å². The number of unbranched alkanes of at least 4 members (excludes halogenated alkanes) is 11. The quantitative estimate of drug-likeness (QED) is 0.201. The molecule has 0 saturated carbocycles. The van der Waals surface area contributed by atoms with Crippen LogP contribution in [0, 0.1) is 0 Å². The van der Waals surface area contributed by atoms with E-state index in [2.05, 4.69) is 15.0 Å². The van der Waals surface area contributed by atoms with E-state index in [0.717, 1.165) is 12.8 Å². The van der Waals surface area contributed by atoms with Gasteiger partial charge in [-0.15, -0.1) is 0 Å². The zero-order chi connectivity index (χ0) is 14.2. The molecule has 0 aromatic heterocycles. The van der Waals surface area contributed by atoms with Gasteiger partial charge >= 0.3 is 99.6 Å². The number of rotatable bonds is 15. The summed E-state index contributed by atoms with van der Waals surface area (Å²) in [6.07, 6.45) is 15.5. The second-order valence-electron chi connectivity index (χ2n) is 5.06. The third-order valence-corrected chi connectivity index (χ3v) is 3.95.